The smallest absolute Gasteiger partial charge is 0.203 e. The number of aromatic nitrogens is 1. The number of phenols is 1. The summed E-state index contributed by atoms with van der Waals surface area (Å²) in [7, 11) is 3.08. The molecule has 4 nitrogen and oxygen atoms in total. The van der Waals surface area contributed by atoms with Crippen molar-refractivity contribution in [2.75, 3.05) is 14.2 Å². The monoisotopic (exact) mass is 283 g/mol. The van der Waals surface area contributed by atoms with Crippen molar-refractivity contribution in [2.45, 2.75) is 6.92 Å². The van der Waals surface area contributed by atoms with E-state index < -0.39 is 0 Å². The molecule has 0 aliphatic rings. The standard InChI is InChI=1S/C17H17NO3/c1-10-11-6-4-5-7-13(11)18-15(10)12-8-9-14(19)17(21-3)16(12)20-2/h4-9,18-19H,1-3H3. The van der Waals surface area contributed by atoms with Gasteiger partial charge < -0.3 is 19.6 Å². The van der Waals surface area contributed by atoms with Crippen molar-refractivity contribution in [1.82, 2.24) is 4.98 Å². The zero-order chi connectivity index (χ0) is 15.0. The van der Waals surface area contributed by atoms with Crippen LogP contribution in [0.2, 0.25) is 0 Å². The van der Waals surface area contributed by atoms with Crippen LogP contribution in [-0.2, 0) is 0 Å². The molecule has 0 saturated heterocycles. The zero-order valence-electron chi connectivity index (χ0n) is 12.2. The average molecular weight is 283 g/mol. The van der Waals surface area contributed by atoms with E-state index in [9.17, 15) is 5.11 Å². The molecule has 2 aromatic carbocycles. The lowest BCUT2D eigenvalue weighted by molar-refractivity contribution is 0.334. The Balaban J connectivity index is 2.30. The van der Waals surface area contributed by atoms with Crippen LogP contribution < -0.4 is 9.47 Å². The van der Waals surface area contributed by atoms with E-state index in [1.54, 1.807) is 13.2 Å². The minimum Gasteiger partial charge on any atom is -0.504 e. The number of aryl methyl sites for hydroxylation is 1. The highest BCUT2D eigenvalue weighted by Crippen LogP contribution is 2.45. The molecule has 0 spiro atoms. The number of methoxy groups -OCH3 is 2. The van der Waals surface area contributed by atoms with Gasteiger partial charge in [-0.25, -0.2) is 0 Å². The molecule has 0 unspecified atom stereocenters. The minimum atomic E-state index is 0.0619. The molecule has 0 fully saturated rings. The number of nitrogens with one attached hydrogen (secondary N) is 1. The number of benzene rings is 2. The van der Waals surface area contributed by atoms with Gasteiger partial charge in [0.1, 0.15) is 0 Å². The van der Waals surface area contributed by atoms with Crippen LogP contribution in [0, 0.1) is 6.92 Å². The maximum atomic E-state index is 9.89. The van der Waals surface area contributed by atoms with Gasteiger partial charge in [-0.3, -0.25) is 0 Å². The van der Waals surface area contributed by atoms with E-state index in [0.29, 0.717) is 11.5 Å². The predicted molar refractivity (Wildman–Crippen MR) is 83.2 cm³/mol. The third kappa shape index (κ3) is 2.00. The second kappa shape index (κ2) is 5.05. The van der Waals surface area contributed by atoms with Gasteiger partial charge in [-0.05, 0) is 30.7 Å². The molecular formula is C17H17NO3. The largest absolute Gasteiger partial charge is 0.504 e. The quantitative estimate of drug-likeness (QED) is 0.767. The Bertz CT molecular complexity index is 805. The summed E-state index contributed by atoms with van der Waals surface area (Å²) in [5.74, 6) is 0.923. The van der Waals surface area contributed by atoms with Gasteiger partial charge in [-0.2, -0.15) is 0 Å². The zero-order valence-corrected chi connectivity index (χ0v) is 12.2. The molecule has 1 aromatic heterocycles. The van der Waals surface area contributed by atoms with Gasteiger partial charge in [0.05, 0.1) is 19.9 Å². The minimum absolute atomic E-state index is 0.0619. The number of H-pyrrole nitrogens is 1. The lowest BCUT2D eigenvalue weighted by Gasteiger charge is -2.13. The highest BCUT2D eigenvalue weighted by atomic mass is 16.5. The fourth-order valence-corrected chi connectivity index (χ4v) is 2.70. The maximum absolute atomic E-state index is 9.89. The van der Waals surface area contributed by atoms with Crippen LogP contribution in [-0.4, -0.2) is 24.3 Å². The summed E-state index contributed by atoms with van der Waals surface area (Å²) in [6.45, 7) is 2.06. The Labute approximate surface area is 122 Å². The first-order valence-electron chi connectivity index (χ1n) is 6.69. The SMILES string of the molecule is COc1c(O)ccc(-c2[nH]c3ccccc3c2C)c1OC. The average Bonchev–Trinajstić information content (AvgIpc) is 2.84. The van der Waals surface area contributed by atoms with Crippen molar-refractivity contribution >= 4 is 10.9 Å². The molecule has 0 atom stereocenters. The topological polar surface area (TPSA) is 54.5 Å². The van der Waals surface area contributed by atoms with E-state index in [4.69, 9.17) is 9.47 Å². The summed E-state index contributed by atoms with van der Waals surface area (Å²) in [5, 5.41) is 11.1. The Kier molecular flexibility index (Phi) is 3.22. The van der Waals surface area contributed by atoms with Gasteiger partial charge in [0.2, 0.25) is 5.75 Å². The van der Waals surface area contributed by atoms with Crippen molar-refractivity contribution < 1.29 is 14.6 Å². The first kappa shape index (κ1) is 13.4. The molecule has 0 aliphatic heterocycles. The molecule has 0 bridgehead atoms. The van der Waals surface area contributed by atoms with E-state index in [-0.39, 0.29) is 5.75 Å². The first-order valence-corrected chi connectivity index (χ1v) is 6.69. The molecule has 0 saturated carbocycles. The van der Waals surface area contributed by atoms with E-state index in [1.165, 1.54) is 12.5 Å². The molecule has 4 heteroatoms. The van der Waals surface area contributed by atoms with Crippen LogP contribution in [0.3, 0.4) is 0 Å². The van der Waals surface area contributed by atoms with Crippen LogP contribution in [0.1, 0.15) is 5.56 Å². The molecule has 108 valence electrons. The van der Waals surface area contributed by atoms with Crippen molar-refractivity contribution in [3.05, 3.63) is 42.0 Å². The third-order valence-corrected chi connectivity index (χ3v) is 3.73. The van der Waals surface area contributed by atoms with Gasteiger partial charge in [0.25, 0.3) is 0 Å². The fraction of sp³-hybridized carbons (Fsp3) is 0.176. The van der Waals surface area contributed by atoms with E-state index >= 15 is 0 Å². The molecule has 1 heterocycles. The Morgan fingerprint density at radius 1 is 0.952 bits per heavy atom. The number of hydrogen-bond donors (Lipinski definition) is 2. The van der Waals surface area contributed by atoms with Gasteiger partial charge in [0, 0.05) is 16.5 Å². The van der Waals surface area contributed by atoms with Crippen molar-refractivity contribution in [2.24, 2.45) is 0 Å². The van der Waals surface area contributed by atoms with Crippen LogP contribution in [0.5, 0.6) is 17.2 Å². The molecular weight excluding hydrogens is 266 g/mol. The van der Waals surface area contributed by atoms with Crippen LogP contribution in [0.15, 0.2) is 36.4 Å². The summed E-state index contributed by atoms with van der Waals surface area (Å²) in [5.41, 5.74) is 4.03. The van der Waals surface area contributed by atoms with E-state index in [1.807, 2.05) is 24.3 Å². The van der Waals surface area contributed by atoms with Crippen LogP contribution >= 0.6 is 0 Å². The molecule has 3 rings (SSSR count). The summed E-state index contributed by atoms with van der Waals surface area (Å²) in [4.78, 5) is 3.41. The van der Waals surface area contributed by atoms with Crippen LogP contribution in [0.25, 0.3) is 22.2 Å². The van der Waals surface area contributed by atoms with Crippen LogP contribution in [0.4, 0.5) is 0 Å². The number of hydrogen-bond acceptors (Lipinski definition) is 3. The Hall–Kier alpha value is -2.62. The number of ether oxygens (including phenoxy) is 2. The molecule has 3 aromatic rings. The molecule has 21 heavy (non-hydrogen) atoms. The van der Waals surface area contributed by atoms with Crippen molar-refractivity contribution in [3.63, 3.8) is 0 Å². The number of rotatable bonds is 3. The second-order valence-electron chi connectivity index (χ2n) is 4.87. The van der Waals surface area contributed by atoms with Gasteiger partial charge in [-0.15, -0.1) is 0 Å². The van der Waals surface area contributed by atoms with E-state index in [2.05, 4.69) is 18.0 Å². The summed E-state index contributed by atoms with van der Waals surface area (Å²) in [6.07, 6.45) is 0. The molecule has 0 aliphatic carbocycles. The van der Waals surface area contributed by atoms with Crippen molar-refractivity contribution in [1.29, 1.82) is 0 Å². The number of aromatic hydroxyl groups is 1. The van der Waals surface area contributed by atoms with Gasteiger partial charge in [0.15, 0.2) is 11.5 Å². The Morgan fingerprint density at radius 2 is 1.67 bits per heavy atom. The lowest BCUT2D eigenvalue weighted by Crippen LogP contribution is -1.94. The first-order chi connectivity index (χ1) is 10.2. The summed E-state index contributed by atoms with van der Waals surface area (Å²) >= 11 is 0. The highest BCUT2D eigenvalue weighted by molar-refractivity contribution is 5.92. The third-order valence-electron chi connectivity index (χ3n) is 3.73. The fourth-order valence-electron chi connectivity index (χ4n) is 2.70. The van der Waals surface area contributed by atoms with Gasteiger partial charge >= 0.3 is 0 Å². The molecule has 0 amide bonds. The number of phenolic OH excluding ortho intramolecular Hbond substituents is 1. The molecule has 2 N–H and O–H groups in total. The number of para-hydroxylation sites is 1. The highest BCUT2D eigenvalue weighted by Gasteiger charge is 2.19. The molecule has 0 radical (unpaired) electrons. The maximum Gasteiger partial charge on any atom is 0.203 e. The Morgan fingerprint density at radius 3 is 2.33 bits per heavy atom. The predicted octanol–water partition coefficient (Wildman–Crippen LogP) is 3.87. The summed E-state index contributed by atoms with van der Waals surface area (Å²) in [6, 6.07) is 11.6. The van der Waals surface area contributed by atoms with Gasteiger partial charge in [-0.1, -0.05) is 18.2 Å². The lowest BCUT2D eigenvalue weighted by atomic mass is 10.0. The summed E-state index contributed by atoms with van der Waals surface area (Å²) < 4.78 is 10.7. The second-order valence-corrected chi connectivity index (χ2v) is 4.87. The number of aromatic amines is 1. The van der Waals surface area contributed by atoms with E-state index in [0.717, 1.165) is 22.3 Å². The number of fused-ring (bicyclic) bond motifs is 1. The normalized spacial score (nSPS) is 10.8. The van der Waals surface area contributed by atoms with Crippen molar-refractivity contribution in [3.8, 4) is 28.5 Å².